The van der Waals surface area contributed by atoms with Crippen LogP contribution in [-0.2, 0) is 4.84 Å². The van der Waals surface area contributed by atoms with Crippen LogP contribution in [0.1, 0.15) is 13.3 Å². The average molecular weight is 171 g/mol. The highest BCUT2D eigenvalue weighted by Gasteiger charge is 2.15. The standard InChI is InChI=1S/C8H17N3O/c1-3-12-11-8-4-7(9-2)5-10-6-8/h7,9-10H,3-6H2,1-2H3/b11-8-. The maximum Gasteiger partial charge on any atom is 0.114 e. The largest absolute Gasteiger partial charge is 0.396 e. The fourth-order valence-corrected chi connectivity index (χ4v) is 1.25. The summed E-state index contributed by atoms with van der Waals surface area (Å²) in [6, 6.07) is 0.498. The van der Waals surface area contributed by atoms with Crippen molar-refractivity contribution in [2.75, 3.05) is 26.7 Å². The lowest BCUT2D eigenvalue weighted by Gasteiger charge is -2.23. The summed E-state index contributed by atoms with van der Waals surface area (Å²) < 4.78 is 0. The average Bonchev–Trinajstić information content (AvgIpc) is 2.15. The van der Waals surface area contributed by atoms with Gasteiger partial charge in [0.15, 0.2) is 0 Å². The van der Waals surface area contributed by atoms with Crippen molar-refractivity contribution in [3.05, 3.63) is 0 Å². The lowest BCUT2D eigenvalue weighted by atomic mass is 10.1. The molecule has 0 radical (unpaired) electrons. The second-order valence-corrected chi connectivity index (χ2v) is 2.90. The van der Waals surface area contributed by atoms with Gasteiger partial charge in [-0.05, 0) is 14.0 Å². The van der Waals surface area contributed by atoms with Crippen molar-refractivity contribution in [1.29, 1.82) is 0 Å². The molecule has 0 aliphatic carbocycles. The Morgan fingerprint density at radius 3 is 3.25 bits per heavy atom. The van der Waals surface area contributed by atoms with E-state index in [-0.39, 0.29) is 0 Å². The third kappa shape index (κ3) is 2.79. The zero-order valence-corrected chi connectivity index (χ0v) is 7.76. The van der Waals surface area contributed by atoms with Crippen LogP contribution in [0.3, 0.4) is 0 Å². The van der Waals surface area contributed by atoms with Crippen LogP contribution in [0.5, 0.6) is 0 Å². The molecule has 12 heavy (non-hydrogen) atoms. The van der Waals surface area contributed by atoms with Crippen LogP contribution in [0.4, 0.5) is 0 Å². The minimum Gasteiger partial charge on any atom is -0.396 e. The van der Waals surface area contributed by atoms with E-state index in [9.17, 15) is 0 Å². The van der Waals surface area contributed by atoms with Gasteiger partial charge >= 0.3 is 0 Å². The van der Waals surface area contributed by atoms with E-state index in [0.717, 1.165) is 25.2 Å². The number of piperidine rings is 1. The van der Waals surface area contributed by atoms with Gasteiger partial charge in [0.25, 0.3) is 0 Å². The van der Waals surface area contributed by atoms with Crippen molar-refractivity contribution in [2.24, 2.45) is 5.16 Å². The fourth-order valence-electron chi connectivity index (χ4n) is 1.25. The number of hydrogen-bond donors (Lipinski definition) is 2. The first-order valence-corrected chi connectivity index (χ1v) is 4.42. The molecule has 0 aromatic heterocycles. The minimum absolute atomic E-state index is 0.498. The Morgan fingerprint density at radius 2 is 2.58 bits per heavy atom. The molecule has 2 N–H and O–H groups in total. The molecule has 0 aromatic carbocycles. The number of nitrogens with zero attached hydrogens (tertiary/aromatic N) is 1. The predicted octanol–water partition coefficient (Wildman–Crippen LogP) is -0.0398. The molecule has 1 aliphatic heterocycles. The molecule has 1 unspecified atom stereocenters. The van der Waals surface area contributed by atoms with Gasteiger partial charge in [-0.15, -0.1) is 0 Å². The van der Waals surface area contributed by atoms with Crippen molar-refractivity contribution < 1.29 is 4.84 Å². The lowest BCUT2D eigenvalue weighted by Crippen LogP contribution is -2.46. The Balaban J connectivity index is 2.34. The van der Waals surface area contributed by atoms with Gasteiger partial charge in [0.2, 0.25) is 0 Å². The molecular formula is C8H17N3O. The van der Waals surface area contributed by atoms with Crippen LogP contribution < -0.4 is 10.6 Å². The van der Waals surface area contributed by atoms with Crippen molar-refractivity contribution in [3.63, 3.8) is 0 Å². The van der Waals surface area contributed by atoms with Crippen molar-refractivity contribution in [2.45, 2.75) is 19.4 Å². The van der Waals surface area contributed by atoms with Gasteiger partial charge in [-0.25, -0.2) is 0 Å². The summed E-state index contributed by atoms with van der Waals surface area (Å²) in [6.07, 6.45) is 0.990. The number of oxime groups is 1. The maximum absolute atomic E-state index is 4.99. The monoisotopic (exact) mass is 171 g/mol. The normalized spacial score (nSPS) is 27.5. The molecule has 1 fully saturated rings. The van der Waals surface area contributed by atoms with E-state index in [1.807, 2.05) is 14.0 Å². The van der Waals surface area contributed by atoms with Crippen molar-refractivity contribution in [1.82, 2.24) is 10.6 Å². The summed E-state index contributed by atoms with van der Waals surface area (Å²) in [5.74, 6) is 0. The van der Waals surface area contributed by atoms with Crippen LogP contribution in [0.15, 0.2) is 5.16 Å². The number of nitrogens with one attached hydrogen (secondary N) is 2. The zero-order valence-electron chi connectivity index (χ0n) is 7.76. The summed E-state index contributed by atoms with van der Waals surface area (Å²) in [5, 5.41) is 10.5. The topological polar surface area (TPSA) is 45.6 Å². The van der Waals surface area contributed by atoms with Crippen LogP contribution in [-0.4, -0.2) is 38.5 Å². The second kappa shape index (κ2) is 5.11. The Morgan fingerprint density at radius 1 is 1.75 bits per heavy atom. The first-order chi connectivity index (χ1) is 5.86. The molecule has 0 spiro atoms. The van der Waals surface area contributed by atoms with Crippen LogP contribution in [0.25, 0.3) is 0 Å². The summed E-state index contributed by atoms with van der Waals surface area (Å²) >= 11 is 0. The summed E-state index contributed by atoms with van der Waals surface area (Å²) in [6.45, 7) is 4.46. The molecule has 1 aliphatic rings. The first-order valence-electron chi connectivity index (χ1n) is 4.42. The van der Waals surface area contributed by atoms with Crippen LogP contribution in [0.2, 0.25) is 0 Å². The molecule has 4 heteroatoms. The van der Waals surface area contributed by atoms with E-state index in [4.69, 9.17) is 4.84 Å². The molecule has 1 heterocycles. The molecule has 1 saturated heterocycles. The molecule has 4 nitrogen and oxygen atoms in total. The van der Waals surface area contributed by atoms with Gasteiger partial charge in [-0.2, -0.15) is 0 Å². The van der Waals surface area contributed by atoms with Gasteiger partial charge in [-0.1, -0.05) is 5.16 Å². The van der Waals surface area contributed by atoms with Crippen LogP contribution in [0, 0.1) is 0 Å². The Kier molecular flexibility index (Phi) is 4.04. The predicted molar refractivity (Wildman–Crippen MR) is 49.4 cm³/mol. The zero-order chi connectivity index (χ0) is 8.81. The number of rotatable bonds is 3. The SMILES string of the molecule is CCO/N=C1\CNCC(NC)C1. The molecule has 0 amide bonds. The molecule has 1 atom stereocenters. The van der Waals surface area contributed by atoms with E-state index >= 15 is 0 Å². The van der Waals surface area contributed by atoms with Gasteiger partial charge < -0.3 is 15.5 Å². The first kappa shape index (κ1) is 9.48. The molecule has 70 valence electrons. The van der Waals surface area contributed by atoms with Gasteiger partial charge in [-0.3, -0.25) is 0 Å². The van der Waals surface area contributed by atoms with E-state index in [1.165, 1.54) is 0 Å². The molecular weight excluding hydrogens is 154 g/mol. The smallest absolute Gasteiger partial charge is 0.114 e. The summed E-state index contributed by atoms with van der Waals surface area (Å²) in [5.41, 5.74) is 1.10. The van der Waals surface area contributed by atoms with E-state index in [0.29, 0.717) is 12.6 Å². The van der Waals surface area contributed by atoms with Gasteiger partial charge in [0.05, 0.1) is 5.71 Å². The van der Waals surface area contributed by atoms with E-state index in [2.05, 4.69) is 15.8 Å². The highest BCUT2D eigenvalue weighted by Crippen LogP contribution is 1.99. The van der Waals surface area contributed by atoms with E-state index in [1.54, 1.807) is 0 Å². The third-order valence-electron chi connectivity index (χ3n) is 1.93. The summed E-state index contributed by atoms with van der Waals surface area (Å²) in [4.78, 5) is 4.99. The van der Waals surface area contributed by atoms with Gasteiger partial charge in [0.1, 0.15) is 6.61 Å². The molecule has 0 bridgehead atoms. The molecule has 0 aromatic rings. The lowest BCUT2D eigenvalue weighted by molar-refractivity contribution is 0.156. The maximum atomic E-state index is 4.99. The third-order valence-corrected chi connectivity index (χ3v) is 1.93. The Hall–Kier alpha value is -0.610. The van der Waals surface area contributed by atoms with E-state index < -0.39 is 0 Å². The van der Waals surface area contributed by atoms with Crippen LogP contribution >= 0.6 is 0 Å². The summed E-state index contributed by atoms with van der Waals surface area (Å²) in [7, 11) is 1.97. The number of hydrogen-bond acceptors (Lipinski definition) is 4. The highest BCUT2D eigenvalue weighted by molar-refractivity contribution is 5.87. The second-order valence-electron chi connectivity index (χ2n) is 2.90. The molecule has 0 saturated carbocycles. The van der Waals surface area contributed by atoms with Crippen molar-refractivity contribution in [3.8, 4) is 0 Å². The number of likely N-dealkylation sites (N-methyl/N-ethyl adjacent to an activating group) is 1. The fraction of sp³-hybridized carbons (Fsp3) is 0.875. The molecule has 1 rings (SSSR count). The Labute approximate surface area is 73.4 Å². The quantitative estimate of drug-likeness (QED) is 0.586. The highest BCUT2D eigenvalue weighted by atomic mass is 16.6. The minimum atomic E-state index is 0.498. The Bertz CT molecular complexity index is 158. The van der Waals surface area contributed by atoms with Crippen molar-refractivity contribution >= 4 is 5.71 Å². The van der Waals surface area contributed by atoms with Gasteiger partial charge in [0, 0.05) is 25.6 Å².